The van der Waals surface area contributed by atoms with E-state index in [1.165, 1.54) is 11.3 Å². The molecule has 0 spiro atoms. The smallest absolute Gasteiger partial charge is 0.0587 e. The molecular weight excluding hydrogens is 272 g/mol. The molecule has 0 fully saturated rings. The van der Waals surface area contributed by atoms with Gasteiger partial charge in [0.15, 0.2) is 0 Å². The Balaban J connectivity index is 2.82. The van der Waals surface area contributed by atoms with Crippen molar-refractivity contribution in [1.29, 1.82) is 0 Å². The highest BCUT2D eigenvalue weighted by atomic mass is 35.5. The molecule has 20 heavy (non-hydrogen) atoms. The Hall–Kier alpha value is -0.770. The molecule has 0 bridgehead atoms. The zero-order chi connectivity index (χ0) is 15.0. The average Bonchev–Trinajstić information content (AvgIpc) is 2.41. The van der Waals surface area contributed by atoms with Crippen molar-refractivity contribution in [2.45, 2.75) is 27.3 Å². The number of ether oxygens (including phenoxy) is 1. The van der Waals surface area contributed by atoms with Crippen LogP contribution < -0.4 is 10.2 Å². The molecule has 0 heterocycles. The second kappa shape index (κ2) is 9.22. The lowest BCUT2D eigenvalue weighted by atomic mass is 10.1. The van der Waals surface area contributed by atoms with Crippen LogP contribution in [-0.2, 0) is 11.3 Å². The van der Waals surface area contributed by atoms with Gasteiger partial charge in [0.25, 0.3) is 0 Å². The van der Waals surface area contributed by atoms with Crippen LogP contribution in [0.2, 0.25) is 5.02 Å². The van der Waals surface area contributed by atoms with E-state index < -0.39 is 0 Å². The standard InChI is InChI=1S/C16H27ClN2O/c1-5-19(12-13(2)3)16-7-6-15(17)10-14(16)11-18-8-9-20-4/h6-7,10,13,18H,5,8-9,11-12H2,1-4H3. The second-order valence-corrected chi connectivity index (χ2v) is 5.81. The first-order valence-corrected chi connectivity index (χ1v) is 7.69. The van der Waals surface area contributed by atoms with Crippen molar-refractivity contribution in [2.24, 2.45) is 5.92 Å². The first-order valence-electron chi connectivity index (χ1n) is 7.31. The van der Waals surface area contributed by atoms with Gasteiger partial charge in [-0.1, -0.05) is 25.4 Å². The molecule has 0 saturated carbocycles. The lowest BCUT2D eigenvalue weighted by Gasteiger charge is -2.28. The maximum atomic E-state index is 6.14. The minimum absolute atomic E-state index is 0.639. The summed E-state index contributed by atoms with van der Waals surface area (Å²) in [7, 11) is 1.72. The minimum Gasteiger partial charge on any atom is -0.383 e. The molecule has 0 aromatic heterocycles. The first-order chi connectivity index (χ1) is 9.58. The van der Waals surface area contributed by atoms with E-state index in [0.717, 1.165) is 37.8 Å². The number of methoxy groups -OCH3 is 1. The quantitative estimate of drug-likeness (QED) is 0.706. The third-order valence-corrected chi connectivity index (χ3v) is 3.38. The molecule has 1 N–H and O–H groups in total. The van der Waals surface area contributed by atoms with Crippen LogP contribution in [0.5, 0.6) is 0 Å². The van der Waals surface area contributed by atoms with Crippen LogP contribution in [0.3, 0.4) is 0 Å². The fourth-order valence-corrected chi connectivity index (χ4v) is 2.43. The number of rotatable bonds is 9. The van der Waals surface area contributed by atoms with E-state index in [1.807, 2.05) is 6.07 Å². The van der Waals surface area contributed by atoms with Crippen LogP contribution in [0, 0.1) is 5.92 Å². The second-order valence-electron chi connectivity index (χ2n) is 5.38. The predicted molar refractivity (Wildman–Crippen MR) is 87.8 cm³/mol. The lowest BCUT2D eigenvalue weighted by molar-refractivity contribution is 0.199. The Kier molecular flexibility index (Phi) is 7.97. The van der Waals surface area contributed by atoms with Gasteiger partial charge in [-0.15, -0.1) is 0 Å². The maximum absolute atomic E-state index is 6.14. The predicted octanol–water partition coefficient (Wildman–Crippen LogP) is 3.56. The molecule has 0 saturated heterocycles. The summed E-state index contributed by atoms with van der Waals surface area (Å²) in [5.41, 5.74) is 2.52. The lowest BCUT2D eigenvalue weighted by Crippen LogP contribution is -2.29. The van der Waals surface area contributed by atoms with Gasteiger partial charge in [0.05, 0.1) is 6.61 Å². The van der Waals surface area contributed by atoms with Crippen molar-refractivity contribution in [3.8, 4) is 0 Å². The Labute approximate surface area is 128 Å². The molecule has 1 aromatic carbocycles. The van der Waals surface area contributed by atoms with Gasteiger partial charge in [0.1, 0.15) is 0 Å². The third kappa shape index (κ3) is 5.70. The summed E-state index contributed by atoms with van der Waals surface area (Å²) in [4.78, 5) is 2.41. The van der Waals surface area contributed by atoms with E-state index in [-0.39, 0.29) is 0 Å². The molecule has 0 amide bonds. The van der Waals surface area contributed by atoms with Crippen molar-refractivity contribution < 1.29 is 4.74 Å². The van der Waals surface area contributed by atoms with Gasteiger partial charge in [-0.3, -0.25) is 0 Å². The molecule has 0 unspecified atom stereocenters. The van der Waals surface area contributed by atoms with Crippen molar-refractivity contribution in [2.75, 3.05) is 38.3 Å². The normalized spacial score (nSPS) is 11.1. The summed E-state index contributed by atoms with van der Waals surface area (Å²) in [6, 6.07) is 6.15. The molecule has 0 atom stereocenters. The first kappa shape index (κ1) is 17.3. The highest BCUT2D eigenvalue weighted by Crippen LogP contribution is 2.25. The highest BCUT2D eigenvalue weighted by Gasteiger charge is 2.11. The Bertz CT molecular complexity index is 396. The van der Waals surface area contributed by atoms with E-state index in [2.05, 4.69) is 43.1 Å². The molecule has 1 rings (SSSR count). The number of benzene rings is 1. The molecule has 4 heteroatoms. The number of nitrogens with zero attached hydrogens (tertiary/aromatic N) is 1. The number of hydrogen-bond donors (Lipinski definition) is 1. The number of halogens is 1. The van der Waals surface area contributed by atoms with Gasteiger partial charge in [0, 0.05) is 44.0 Å². The Morgan fingerprint density at radius 1 is 1.35 bits per heavy atom. The van der Waals surface area contributed by atoms with E-state index in [0.29, 0.717) is 5.92 Å². The van der Waals surface area contributed by atoms with E-state index >= 15 is 0 Å². The van der Waals surface area contributed by atoms with E-state index in [9.17, 15) is 0 Å². The van der Waals surface area contributed by atoms with Gasteiger partial charge < -0.3 is 15.0 Å². The van der Waals surface area contributed by atoms with Gasteiger partial charge in [0.2, 0.25) is 0 Å². The van der Waals surface area contributed by atoms with Crippen LogP contribution in [0.4, 0.5) is 5.69 Å². The highest BCUT2D eigenvalue weighted by molar-refractivity contribution is 6.30. The minimum atomic E-state index is 0.639. The van der Waals surface area contributed by atoms with Crippen molar-refractivity contribution in [1.82, 2.24) is 5.32 Å². The largest absolute Gasteiger partial charge is 0.383 e. The fourth-order valence-electron chi connectivity index (χ4n) is 2.24. The molecular formula is C16H27ClN2O. The summed E-state index contributed by atoms with van der Waals surface area (Å²) in [5.74, 6) is 0.639. The number of anilines is 1. The van der Waals surface area contributed by atoms with Gasteiger partial charge in [-0.2, -0.15) is 0 Å². The van der Waals surface area contributed by atoms with Gasteiger partial charge in [-0.05, 0) is 36.6 Å². The van der Waals surface area contributed by atoms with E-state index in [4.69, 9.17) is 16.3 Å². The monoisotopic (exact) mass is 298 g/mol. The molecule has 114 valence electrons. The van der Waals surface area contributed by atoms with Crippen LogP contribution in [0.15, 0.2) is 18.2 Å². The van der Waals surface area contributed by atoms with Gasteiger partial charge >= 0.3 is 0 Å². The summed E-state index contributed by atoms with van der Waals surface area (Å²) in [5, 5.41) is 4.18. The number of nitrogens with one attached hydrogen (secondary N) is 1. The molecule has 0 radical (unpaired) electrons. The van der Waals surface area contributed by atoms with Crippen molar-refractivity contribution in [3.63, 3.8) is 0 Å². The fraction of sp³-hybridized carbons (Fsp3) is 0.625. The van der Waals surface area contributed by atoms with Crippen LogP contribution >= 0.6 is 11.6 Å². The summed E-state index contributed by atoms with van der Waals surface area (Å²) in [6.45, 7) is 11.1. The maximum Gasteiger partial charge on any atom is 0.0587 e. The van der Waals surface area contributed by atoms with Crippen molar-refractivity contribution in [3.05, 3.63) is 28.8 Å². The summed E-state index contributed by atoms with van der Waals surface area (Å²) in [6.07, 6.45) is 0. The Morgan fingerprint density at radius 2 is 2.10 bits per heavy atom. The average molecular weight is 299 g/mol. The molecule has 1 aromatic rings. The molecule has 3 nitrogen and oxygen atoms in total. The molecule has 0 aliphatic carbocycles. The number of hydrogen-bond acceptors (Lipinski definition) is 3. The van der Waals surface area contributed by atoms with Crippen LogP contribution in [0.1, 0.15) is 26.3 Å². The van der Waals surface area contributed by atoms with Crippen LogP contribution in [-0.4, -0.2) is 33.4 Å². The van der Waals surface area contributed by atoms with Gasteiger partial charge in [-0.25, -0.2) is 0 Å². The van der Waals surface area contributed by atoms with Crippen molar-refractivity contribution >= 4 is 17.3 Å². The molecule has 0 aliphatic heterocycles. The van der Waals surface area contributed by atoms with Crippen LogP contribution in [0.25, 0.3) is 0 Å². The third-order valence-electron chi connectivity index (χ3n) is 3.15. The zero-order valence-electron chi connectivity index (χ0n) is 13.1. The summed E-state index contributed by atoms with van der Waals surface area (Å²) < 4.78 is 5.06. The Morgan fingerprint density at radius 3 is 2.70 bits per heavy atom. The zero-order valence-corrected chi connectivity index (χ0v) is 13.8. The van der Waals surface area contributed by atoms with E-state index in [1.54, 1.807) is 7.11 Å². The molecule has 0 aliphatic rings. The SMILES string of the molecule is CCN(CC(C)C)c1ccc(Cl)cc1CNCCOC. The summed E-state index contributed by atoms with van der Waals surface area (Å²) >= 11 is 6.14. The topological polar surface area (TPSA) is 24.5 Å².